The maximum Gasteiger partial charge on any atom is 0.140 e. The number of halogens is 1. The molecule has 0 spiro atoms. The second kappa shape index (κ2) is 3.73. The van der Waals surface area contributed by atoms with Gasteiger partial charge in [0, 0.05) is 0 Å². The van der Waals surface area contributed by atoms with Gasteiger partial charge in [0.25, 0.3) is 0 Å². The Balaban J connectivity index is 2.54. The molecule has 0 fully saturated rings. The predicted octanol–water partition coefficient (Wildman–Crippen LogP) is 2.07. The summed E-state index contributed by atoms with van der Waals surface area (Å²) < 4.78 is 2.62. The zero-order valence-electron chi connectivity index (χ0n) is 8.11. The number of benzene rings is 1. The van der Waals surface area contributed by atoms with Gasteiger partial charge in [-0.2, -0.15) is 5.10 Å². The zero-order chi connectivity index (χ0) is 11.0. The number of aromatic hydroxyl groups is 1. The van der Waals surface area contributed by atoms with Crippen molar-refractivity contribution < 1.29 is 5.11 Å². The molecule has 1 aromatic carbocycles. The van der Waals surface area contributed by atoms with Crippen molar-refractivity contribution in [2.45, 2.75) is 6.92 Å². The number of nitrogens with two attached hydrogens (primary N) is 1. The molecule has 78 valence electrons. The van der Waals surface area contributed by atoms with Crippen molar-refractivity contribution in [1.82, 2.24) is 9.78 Å². The number of hydrogen-bond donors (Lipinski definition) is 2. The van der Waals surface area contributed by atoms with Crippen LogP contribution in [0.15, 0.2) is 24.3 Å². The Labute approximate surface area is 101 Å². The lowest BCUT2D eigenvalue weighted by molar-refractivity contribution is 0.475. The minimum atomic E-state index is 0.232. The van der Waals surface area contributed by atoms with Gasteiger partial charge in [0.15, 0.2) is 0 Å². The number of nitrogens with zero attached hydrogens (tertiary/aromatic N) is 2. The van der Waals surface area contributed by atoms with E-state index in [1.165, 1.54) is 0 Å². The molecule has 1 heterocycles. The summed E-state index contributed by atoms with van der Waals surface area (Å²) in [6, 6.07) is 6.76. The van der Waals surface area contributed by atoms with E-state index in [2.05, 4.69) is 27.7 Å². The molecule has 0 amide bonds. The molecule has 0 radical (unpaired) electrons. The SMILES string of the molecule is Cc1nn(-c2ccc(O)cc2)c(N)c1I. The van der Waals surface area contributed by atoms with Gasteiger partial charge in [-0.1, -0.05) is 0 Å². The van der Waals surface area contributed by atoms with Crippen molar-refractivity contribution in [2.75, 3.05) is 5.73 Å². The summed E-state index contributed by atoms with van der Waals surface area (Å²) in [5.74, 6) is 0.856. The topological polar surface area (TPSA) is 64.1 Å². The van der Waals surface area contributed by atoms with Crippen molar-refractivity contribution in [3.8, 4) is 11.4 Å². The molecule has 0 unspecified atom stereocenters. The van der Waals surface area contributed by atoms with Gasteiger partial charge in [-0.05, 0) is 53.8 Å². The number of hydrogen-bond acceptors (Lipinski definition) is 3. The molecule has 2 aromatic rings. The van der Waals surface area contributed by atoms with Crippen LogP contribution in [0.1, 0.15) is 5.69 Å². The van der Waals surface area contributed by atoms with E-state index in [4.69, 9.17) is 5.73 Å². The highest BCUT2D eigenvalue weighted by atomic mass is 127. The fourth-order valence-electron chi connectivity index (χ4n) is 1.32. The second-order valence-corrected chi connectivity index (χ2v) is 4.29. The van der Waals surface area contributed by atoms with Gasteiger partial charge in [0.2, 0.25) is 0 Å². The molecule has 5 heteroatoms. The van der Waals surface area contributed by atoms with Crippen LogP contribution in [0.5, 0.6) is 5.75 Å². The van der Waals surface area contributed by atoms with Crippen LogP contribution in [0.25, 0.3) is 5.69 Å². The molecule has 0 atom stereocenters. The Hall–Kier alpha value is -1.24. The Morgan fingerprint density at radius 1 is 1.33 bits per heavy atom. The number of aryl methyl sites for hydroxylation is 1. The maximum absolute atomic E-state index is 9.17. The molecule has 0 saturated heterocycles. The van der Waals surface area contributed by atoms with Gasteiger partial charge >= 0.3 is 0 Å². The molecule has 2 rings (SSSR count). The lowest BCUT2D eigenvalue weighted by Crippen LogP contribution is -2.01. The molecule has 1 aromatic heterocycles. The Kier molecular flexibility index (Phi) is 2.56. The summed E-state index contributed by atoms with van der Waals surface area (Å²) in [5, 5.41) is 13.5. The van der Waals surface area contributed by atoms with Crippen LogP contribution in [0.2, 0.25) is 0 Å². The fourth-order valence-corrected chi connectivity index (χ4v) is 1.65. The maximum atomic E-state index is 9.17. The highest BCUT2D eigenvalue weighted by Crippen LogP contribution is 2.23. The number of nitrogen functional groups attached to an aromatic ring is 1. The molecule has 0 bridgehead atoms. The van der Waals surface area contributed by atoms with E-state index in [-0.39, 0.29) is 5.75 Å². The zero-order valence-corrected chi connectivity index (χ0v) is 10.3. The first-order valence-corrected chi connectivity index (χ1v) is 5.47. The van der Waals surface area contributed by atoms with Crippen LogP contribution in [-0.4, -0.2) is 14.9 Å². The van der Waals surface area contributed by atoms with Gasteiger partial charge in [0.05, 0.1) is 15.0 Å². The van der Waals surface area contributed by atoms with Gasteiger partial charge in [-0.15, -0.1) is 0 Å². The monoisotopic (exact) mass is 315 g/mol. The molecule has 15 heavy (non-hydrogen) atoms. The highest BCUT2D eigenvalue weighted by molar-refractivity contribution is 14.1. The van der Waals surface area contributed by atoms with Gasteiger partial charge in [-0.3, -0.25) is 0 Å². The summed E-state index contributed by atoms with van der Waals surface area (Å²) in [6.07, 6.45) is 0. The van der Waals surface area contributed by atoms with Crippen LogP contribution in [-0.2, 0) is 0 Å². The van der Waals surface area contributed by atoms with Crippen molar-refractivity contribution in [3.05, 3.63) is 33.5 Å². The van der Waals surface area contributed by atoms with Crippen molar-refractivity contribution in [3.63, 3.8) is 0 Å². The molecule has 4 nitrogen and oxygen atoms in total. The highest BCUT2D eigenvalue weighted by Gasteiger charge is 2.10. The lowest BCUT2D eigenvalue weighted by atomic mass is 10.3. The van der Waals surface area contributed by atoms with Crippen molar-refractivity contribution in [1.29, 1.82) is 0 Å². The Morgan fingerprint density at radius 3 is 2.40 bits per heavy atom. The quantitative estimate of drug-likeness (QED) is 0.792. The summed E-state index contributed by atoms with van der Waals surface area (Å²) in [7, 11) is 0. The van der Waals surface area contributed by atoms with Gasteiger partial charge in [-0.25, -0.2) is 4.68 Å². The minimum absolute atomic E-state index is 0.232. The average Bonchev–Trinajstić information content (AvgIpc) is 2.47. The smallest absolute Gasteiger partial charge is 0.140 e. The number of anilines is 1. The van der Waals surface area contributed by atoms with Gasteiger partial charge in [0.1, 0.15) is 11.6 Å². The van der Waals surface area contributed by atoms with Crippen molar-refractivity contribution in [2.24, 2.45) is 0 Å². The summed E-state index contributed by atoms with van der Waals surface area (Å²) >= 11 is 2.17. The lowest BCUT2D eigenvalue weighted by Gasteiger charge is -2.03. The number of rotatable bonds is 1. The first-order valence-electron chi connectivity index (χ1n) is 4.39. The normalized spacial score (nSPS) is 10.5. The third-order valence-corrected chi connectivity index (χ3v) is 3.45. The molecule has 0 saturated carbocycles. The summed E-state index contributed by atoms with van der Waals surface area (Å²) in [4.78, 5) is 0. The Bertz CT molecular complexity index is 490. The molecule has 0 aliphatic heterocycles. The number of aromatic nitrogens is 2. The van der Waals surface area contributed by atoms with Gasteiger partial charge < -0.3 is 10.8 Å². The predicted molar refractivity (Wildman–Crippen MR) is 67.1 cm³/mol. The second-order valence-electron chi connectivity index (χ2n) is 3.21. The largest absolute Gasteiger partial charge is 0.508 e. The van der Waals surface area contributed by atoms with E-state index in [0.29, 0.717) is 5.82 Å². The molecule has 3 N–H and O–H groups in total. The van der Waals surface area contributed by atoms with E-state index >= 15 is 0 Å². The third kappa shape index (κ3) is 1.79. The van der Waals surface area contributed by atoms with Crippen LogP contribution in [0, 0.1) is 10.5 Å². The third-order valence-electron chi connectivity index (χ3n) is 2.11. The van der Waals surface area contributed by atoms with Crippen molar-refractivity contribution >= 4 is 28.4 Å². The van der Waals surface area contributed by atoms with E-state index < -0.39 is 0 Å². The fraction of sp³-hybridized carbons (Fsp3) is 0.100. The first kappa shape index (κ1) is 10.3. The average molecular weight is 315 g/mol. The van der Waals surface area contributed by atoms with E-state index in [9.17, 15) is 5.11 Å². The molecular formula is C10H10IN3O. The number of phenols is 1. The molecule has 0 aliphatic carbocycles. The Morgan fingerprint density at radius 2 is 1.93 bits per heavy atom. The van der Waals surface area contributed by atoms with Crippen LogP contribution in [0.3, 0.4) is 0 Å². The minimum Gasteiger partial charge on any atom is -0.508 e. The van der Waals surface area contributed by atoms with E-state index in [0.717, 1.165) is 15.0 Å². The van der Waals surface area contributed by atoms with E-state index in [1.807, 2.05) is 6.92 Å². The standard InChI is InChI=1S/C10H10IN3O/c1-6-9(11)10(12)14(13-6)7-2-4-8(15)5-3-7/h2-5,15H,12H2,1H3. The molecule has 0 aliphatic rings. The van der Waals surface area contributed by atoms with E-state index in [1.54, 1.807) is 28.9 Å². The van der Waals surface area contributed by atoms with Crippen LogP contribution < -0.4 is 5.73 Å². The van der Waals surface area contributed by atoms with Crippen LogP contribution >= 0.6 is 22.6 Å². The number of phenolic OH excluding ortho intramolecular Hbond substituents is 1. The van der Waals surface area contributed by atoms with Crippen LogP contribution in [0.4, 0.5) is 5.82 Å². The molecular weight excluding hydrogens is 305 g/mol. The first-order chi connectivity index (χ1) is 7.09. The summed E-state index contributed by atoms with van der Waals surface area (Å²) in [6.45, 7) is 1.91. The summed E-state index contributed by atoms with van der Waals surface area (Å²) in [5.41, 5.74) is 7.65.